The van der Waals surface area contributed by atoms with E-state index >= 15 is 0 Å². The molecule has 0 saturated heterocycles. The van der Waals surface area contributed by atoms with Crippen LogP contribution in [-0.2, 0) is 6.42 Å². The van der Waals surface area contributed by atoms with Crippen LogP contribution in [0.25, 0.3) is 11.0 Å². The topological polar surface area (TPSA) is 67.2 Å². The molecular weight excluding hydrogens is 362 g/mol. The Hall–Kier alpha value is -3.60. The highest BCUT2D eigenvalue weighted by atomic mass is 16.3. The van der Waals surface area contributed by atoms with Crippen molar-refractivity contribution < 1.29 is 9.21 Å². The minimum Gasteiger partial charge on any atom is -0.460 e. The fourth-order valence-electron chi connectivity index (χ4n) is 3.29. The van der Waals surface area contributed by atoms with Crippen molar-refractivity contribution in [2.24, 2.45) is 0 Å². The van der Waals surface area contributed by atoms with E-state index in [1.54, 1.807) is 12.4 Å². The number of amides is 1. The molecule has 1 amide bonds. The number of aromatic nitrogens is 1. The van der Waals surface area contributed by atoms with E-state index in [0.29, 0.717) is 5.56 Å². The van der Waals surface area contributed by atoms with Crippen LogP contribution >= 0.6 is 0 Å². The van der Waals surface area contributed by atoms with E-state index in [9.17, 15) is 4.79 Å². The lowest BCUT2D eigenvalue weighted by Gasteiger charge is -2.09. The van der Waals surface area contributed by atoms with E-state index in [4.69, 9.17) is 4.42 Å². The summed E-state index contributed by atoms with van der Waals surface area (Å²) in [4.78, 5) is 17.1. The van der Waals surface area contributed by atoms with Crippen LogP contribution < -0.4 is 10.6 Å². The molecule has 0 aliphatic carbocycles. The molecule has 0 atom stereocenters. The quantitative estimate of drug-likeness (QED) is 0.399. The van der Waals surface area contributed by atoms with Gasteiger partial charge in [0.2, 0.25) is 0 Å². The number of furan rings is 1. The van der Waals surface area contributed by atoms with Gasteiger partial charge < -0.3 is 15.1 Å². The molecule has 4 aromatic rings. The molecular formula is C24H23N3O2. The monoisotopic (exact) mass is 385 g/mol. The van der Waals surface area contributed by atoms with Gasteiger partial charge in [0.1, 0.15) is 11.3 Å². The summed E-state index contributed by atoms with van der Waals surface area (Å²) in [7, 11) is 0. The number of nitrogens with one attached hydrogen (secondary N) is 2. The summed E-state index contributed by atoms with van der Waals surface area (Å²) in [5, 5.41) is 7.16. The molecule has 2 aromatic carbocycles. The second kappa shape index (κ2) is 8.61. The zero-order valence-corrected chi connectivity index (χ0v) is 16.3. The number of unbranched alkanes of at least 4 members (excludes halogenated alkanes) is 1. The van der Waals surface area contributed by atoms with E-state index in [-0.39, 0.29) is 5.91 Å². The Kier molecular flexibility index (Phi) is 5.56. The maximum atomic E-state index is 13.1. The minimum atomic E-state index is -0.143. The van der Waals surface area contributed by atoms with Crippen LogP contribution in [0, 0.1) is 0 Å². The Morgan fingerprint density at radius 2 is 1.62 bits per heavy atom. The van der Waals surface area contributed by atoms with Crippen molar-refractivity contribution in [3.63, 3.8) is 0 Å². The van der Waals surface area contributed by atoms with Crippen LogP contribution in [0.2, 0.25) is 0 Å². The molecule has 5 nitrogen and oxygen atoms in total. The van der Waals surface area contributed by atoms with Crippen LogP contribution in [0.15, 0.2) is 77.5 Å². The minimum absolute atomic E-state index is 0.143. The number of rotatable bonds is 7. The van der Waals surface area contributed by atoms with Crippen molar-refractivity contribution in [3.8, 4) is 0 Å². The lowest BCUT2D eigenvalue weighted by molar-refractivity contribution is 0.102. The van der Waals surface area contributed by atoms with Gasteiger partial charge in [0, 0.05) is 41.3 Å². The number of benzene rings is 2. The van der Waals surface area contributed by atoms with Crippen molar-refractivity contribution >= 4 is 33.9 Å². The molecule has 2 aromatic heterocycles. The Bertz CT molecular complexity index is 1100. The molecule has 0 aliphatic heterocycles. The summed E-state index contributed by atoms with van der Waals surface area (Å²) in [6.45, 7) is 2.13. The molecule has 4 rings (SSSR count). The highest BCUT2D eigenvalue weighted by molar-refractivity contribution is 6.13. The Morgan fingerprint density at radius 1 is 0.931 bits per heavy atom. The van der Waals surface area contributed by atoms with Gasteiger partial charge in [-0.3, -0.25) is 9.78 Å². The molecule has 0 radical (unpaired) electrons. The Balaban J connectivity index is 1.53. The number of pyridine rings is 1. The van der Waals surface area contributed by atoms with E-state index in [1.807, 2.05) is 60.7 Å². The maximum Gasteiger partial charge on any atom is 0.259 e. The van der Waals surface area contributed by atoms with Gasteiger partial charge in [-0.1, -0.05) is 31.5 Å². The smallest absolute Gasteiger partial charge is 0.259 e. The summed E-state index contributed by atoms with van der Waals surface area (Å²) in [5.74, 6) is 0.609. The number of carbonyl (C=O) groups is 1. The van der Waals surface area contributed by atoms with Crippen molar-refractivity contribution in [2.45, 2.75) is 26.2 Å². The van der Waals surface area contributed by atoms with Gasteiger partial charge >= 0.3 is 0 Å². The summed E-state index contributed by atoms with van der Waals surface area (Å²) in [5.41, 5.74) is 4.02. The standard InChI is InChI=1S/C24H23N3O2/c1-2-3-7-22-23(20-6-4-5-8-21(20)29-22)24(28)27-18-11-9-17(10-12-18)26-19-13-15-25-16-14-19/h4-6,8-16H,2-3,7H2,1H3,(H,25,26)(H,27,28). The van der Waals surface area contributed by atoms with Crippen LogP contribution in [0.4, 0.5) is 17.1 Å². The van der Waals surface area contributed by atoms with Gasteiger partial charge in [-0.25, -0.2) is 0 Å². The van der Waals surface area contributed by atoms with Crippen LogP contribution in [0.3, 0.4) is 0 Å². The lowest BCUT2D eigenvalue weighted by atomic mass is 10.1. The lowest BCUT2D eigenvalue weighted by Crippen LogP contribution is -2.13. The second-order valence-electron chi connectivity index (χ2n) is 6.89. The molecule has 0 fully saturated rings. The third kappa shape index (κ3) is 4.29. The van der Waals surface area contributed by atoms with Crippen molar-refractivity contribution in [3.05, 3.63) is 84.4 Å². The number of fused-ring (bicyclic) bond motifs is 1. The number of aryl methyl sites for hydroxylation is 1. The molecule has 0 aliphatic rings. The first kappa shape index (κ1) is 18.7. The van der Waals surface area contributed by atoms with Crippen LogP contribution in [-0.4, -0.2) is 10.9 Å². The Morgan fingerprint density at radius 3 is 2.38 bits per heavy atom. The predicted molar refractivity (Wildman–Crippen MR) is 117 cm³/mol. The van der Waals surface area contributed by atoms with E-state index in [1.165, 1.54) is 0 Å². The fraction of sp³-hybridized carbons (Fsp3) is 0.167. The first-order valence-corrected chi connectivity index (χ1v) is 9.83. The van der Waals surface area contributed by atoms with Crippen LogP contribution in [0.5, 0.6) is 0 Å². The average Bonchev–Trinajstić information content (AvgIpc) is 3.13. The van der Waals surface area contributed by atoms with Crippen LogP contribution in [0.1, 0.15) is 35.9 Å². The Labute approximate surface area is 169 Å². The number of hydrogen-bond acceptors (Lipinski definition) is 4. The van der Waals surface area contributed by atoms with E-state index < -0.39 is 0 Å². The maximum absolute atomic E-state index is 13.1. The van der Waals surface area contributed by atoms with Crippen molar-refractivity contribution in [2.75, 3.05) is 10.6 Å². The summed E-state index contributed by atoms with van der Waals surface area (Å²) >= 11 is 0. The van der Waals surface area contributed by atoms with Gasteiger partial charge in [-0.2, -0.15) is 0 Å². The fourth-order valence-corrected chi connectivity index (χ4v) is 3.29. The molecule has 0 saturated carbocycles. The molecule has 0 spiro atoms. The zero-order valence-electron chi connectivity index (χ0n) is 16.3. The molecule has 29 heavy (non-hydrogen) atoms. The molecule has 0 unspecified atom stereocenters. The SMILES string of the molecule is CCCCc1oc2ccccc2c1C(=O)Nc1ccc(Nc2ccncc2)cc1. The van der Waals surface area contributed by atoms with E-state index in [2.05, 4.69) is 22.5 Å². The highest BCUT2D eigenvalue weighted by Crippen LogP contribution is 2.28. The third-order valence-electron chi connectivity index (χ3n) is 4.76. The molecule has 2 heterocycles. The molecule has 0 bridgehead atoms. The predicted octanol–water partition coefficient (Wildman–Crippen LogP) is 6.17. The average molecular weight is 385 g/mol. The first-order chi connectivity index (χ1) is 14.2. The summed E-state index contributed by atoms with van der Waals surface area (Å²) in [6.07, 6.45) is 6.26. The number of hydrogen-bond donors (Lipinski definition) is 2. The highest BCUT2D eigenvalue weighted by Gasteiger charge is 2.20. The van der Waals surface area contributed by atoms with Gasteiger partial charge in [-0.05, 0) is 48.9 Å². The number of nitrogens with zero attached hydrogens (tertiary/aromatic N) is 1. The van der Waals surface area contributed by atoms with E-state index in [0.717, 1.165) is 53.1 Å². The largest absolute Gasteiger partial charge is 0.460 e. The summed E-state index contributed by atoms with van der Waals surface area (Å²) < 4.78 is 5.97. The van der Waals surface area contributed by atoms with Gasteiger partial charge in [0.15, 0.2) is 0 Å². The van der Waals surface area contributed by atoms with Crippen molar-refractivity contribution in [1.29, 1.82) is 0 Å². The van der Waals surface area contributed by atoms with Gasteiger partial charge in [0.05, 0.1) is 5.56 Å². The molecule has 2 N–H and O–H groups in total. The first-order valence-electron chi connectivity index (χ1n) is 9.83. The molecule has 5 heteroatoms. The van der Waals surface area contributed by atoms with Gasteiger partial charge in [0.25, 0.3) is 5.91 Å². The van der Waals surface area contributed by atoms with Crippen molar-refractivity contribution in [1.82, 2.24) is 4.98 Å². The normalized spacial score (nSPS) is 10.8. The number of anilines is 3. The molecule has 146 valence electrons. The zero-order chi connectivity index (χ0) is 20.1. The van der Waals surface area contributed by atoms with Gasteiger partial charge in [-0.15, -0.1) is 0 Å². The second-order valence-corrected chi connectivity index (χ2v) is 6.89. The third-order valence-corrected chi connectivity index (χ3v) is 4.76. The summed E-state index contributed by atoms with van der Waals surface area (Å²) in [6, 6.07) is 19.1. The number of carbonyl (C=O) groups excluding carboxylic acids is 1. The number of para-hydroxylation sites is 1.